The topological polar surface area (TPSA) is 142 Å². The molecule has 0 spiro atoms. The Bertz CT molecular complexity index is 1500. The van der Waals surface area contributed by atoms with Gasteiger partial charge in [0.1, 0.15) is 11.5 Å². The Labute approximate surface area is 238 Å². The third-order valence-corrected chi connectivity index (χ3v) is 5.88. The second kappa shape index (κ2) is 11.9. The molecule has 222 valence electrons. The van der Waals surface area contributed by atoms with Gasteiger partial charge in [0.25, 0.3) is 5.91 Å². The number of fused-ring (bicyclic) bond motifs is 1. The van der Waals surface area contributed by atoms with E-state index < -0.39 is 30.2 Å². The van der Waals surface area contributed by atoms with Gasteiger partial charge in [0.05, 0.1) is 18.5 Å². The van der Waals surface area contributed by atoms with E-state index in [0.29, 0.717) is 11.4 Å². The molecule has 3 heterocycles. The van der Waals surface area contributed by atoms with Crippen LogP contribution < -0.4 is 29.9 Å². The zero-order valence-electron chi connectivity index (χ0n) is 22.9. The van der Waals surface area contributed by atoms with Gasteiger partial charge in [0.15, 0.2) is 23.8 Å². The van der Waals surface area contributed by atoms with Crippen molar-refractivity contribution >= 4 is 46.5 Å². The Balaban J connectivity index is 1.73. The third kappa shape index (κ3) is 6.86. The minimum absolute atomic E-state index is 0.0180. The van der Waals surface area contributed by atoms with Crippen molar-refractivity contribution in [2.45, 2.75) is 25.6 Å². The summed E-state index contributed by atoms with van der Waals surface area (Å²) in [5.74, 6) is -0.922. The zero-order chi connectivity index (χ0) is 30.7. The molecule has 15 heteroatoms. The number of alkyl halides is 3. The predicted octanol–water partition coefficient (Wildman–Crippen LogP) is 3.95. The molecule has 0 saturated carbocycles. The molecule has 42 heavy (non-hydrogen) atoms. The molecule has 1 aromatic carbocycles. The number of pyridine rings is 1. The number of anilines is 6. The van der Waals surface area contributed by atoms with Gasteiger partial charge in [0.2, 0.25) is 17.7 Å². The Morgan fingerprint density at radius 1 is 1.26 bits per heavy atom. The van der Waals surface area contributed by atoms with Gasteiger partial charge in [-0.15, -0.1) is 0 Å². The van der Waals surface area contributed by atoms with Gasteiger partial charge in [-0.25, -0.2) is 4.98 Å². The number of nitrogens with one attached hydrogen (secondary N) is 2. The van der Waals surface area contributed by atoms with Crippen LogP contribution in [0.1, 0.15) is 13.8 Å². The van der Waals surface area contributed by atoms with Crippen molar-refractivity contribution in [2.75, 3.05) is 47.2 Å². The van der Waals surface area contributed by atoms with Crippen LogP contribution in [0.25, 0.3) is 0 Å². The van der Waals surface area contributed by atoms with Crippen molar-refractivity contribution in [3.63, 3.8) is 0 Å². The summed E-state index contributed by atoms with van der Waals surface area (Å²) in [5.41, 5.74) is -0.530. The molecule has 0 aliphatic carbocycles. The fourth-order valence-corrected chi connectivity index (χ4v) is 3.88. The van der Waals surface area contributed by atoms with E-state index in [0.717, 1.165) is 6.08 Å². The first-order chi connectivity index (χ1) is 19.8. The molecule has 3 aromatic rings. The van der Waals surface area contributed by atoms with Crippen LogP contribution in [0.2, 0.25) is 0 Å². The summed E-state index contributed by atoms with van der Waals surface area (Å²) >= 11 is 0. The lowest BCUT2D eigenvalue weighted by Gasteiger charge is -2.37. The summed E-state index contributed by atoms with van der Waals surface area (Å²) in [6.45, 7) is 4.97. The first-order valence-electron chi connectivity index (χ1n) is 12.5. The number of carbonyl (C=O) groups excluding carboxylic acids is 2. The fraction of sp³-hybridized carbons (Fsp3) is 0.296. The molecule has 2 aromatic heterocycles. The molecule has 0 atom stereocenters. The minimum atomic E-state index is -4.63. The number of rotatable bonds is 10. The Morgan fingerprint density at radius 3 is 2.71 bits per heavy atom. The van der Waals surface area contributed by atoms with Crippen LogP contribution in [0.15, 0.2) is 55.3 Å². The highest BCUT2D eigenvalue weighted by Gasteiger charge is 2.43. The number of halogens is 3. The van der Waals surface area contributed by atoms with Crippen LogP contribution in [0, 0.1) is 0 Å². The van der Waals surface area contributed by atoms with Crippen molar-refractivity contribution in [2.24, 2.45) is 0 Å². The lowest BCUT2D eigenvalue weighted by Crippen LogP contribution is -2.51. The van der Waals surface area contributed by atoms with Crippen molar-refractivity contribution in [1.29, 1.82) is 0 Å². The van der Waals surface area contributed by atoms with Gasteiger partial charge in [-0.2, -0.15) is 23.1 Å². The number of hydrogen-bond donors (Lipinski definition) is 3. The average molecular weight is 588 g/mol. The Kier molecular flexibility index (Phi) is 8.51. The van der Waals surface area contributed by atoms with Crippen LogP contribution >= 0.6 is 0 Å². The first-order valence-corrected chi connectivity index (χ1v) is 12.5. The molecule has 12 nitrogen and oxygen atoms in total. The Morgan fingerprint density at radius 2 is 2.02 bits per heavy atom. The molecule has 0 saturated heterocycles. The van der Waals surface area contributed by atoms with Crippen molar-refractivity contribution in [3.05, 3.63) is 55.3 Å². The molecule has 0 fully saturated rings. The predicted molar refractivity (Wildman–Crippen MR) is 149 cm³/mol. The number of aromatic nitrogens is 3. The number of ether oxygens (including phenoxy) is 2. The molecule has 0 unspecified atom stereocenters. The highest BCUT2D eigenvalue weighted by Crippen LogP contribution is 2.41. The second-order valence-electron chi connectivity index (χ2n) is 9.57. The highest BCUT2D eigenvalue weighted by atomic mass is 19.4. The maximum Gasteiger partial charge on any atom is 0.422 e. The normalized spacial score (nSPS) is 14.0. The number of likely N-dealkylation sites (N-methyl/N-ethyl adjacent to an activating group) is 1. The molecule has 0 radical (unpaired) electrons. The summed E-state index contributed by atoms with van der Waals surface area (Å²) in [4.78, 5) is 41.0. The maximum atomic E-state index is 13.5. The standard InChI is InChI=1S/C27H28F3N7O5/c1-5-21(39)32-16-7-6-8-17(13-16)37-22-19(42-26(2,3)24(37)40)14-31-25(35-22)33-18-9-10-20(36(4)11-12-38)34-23(18)41-15-27(28,29)30/h5-10,13-14,38H,1,11-12,15H2,2-4H3,(H,32,39)(H,31,33,35). The number of aliphatic hydroxyl groups excluding tert-OH is 1. The molecule has 1 aliphatic rings. The average Bonchev–Trinajstić information content (AvgIpc) is 2.93. The van der Waals surface area contributed by atoms with Crippen molar-refractivity contribution in [3.8, 4) is 11.6 Å². The number of nitrogens with zero attached hydrogens (tertiary/aromatic N) is 5. The van der Waals surface area contributed by atoms with E-state index in [1.165, 1.54) is 28.1 Å². The van der Waals surface area contributed by atoms with Gasteiger partial charge in [-0.3, -0.25) is 14.5 Å². The van der Waals surface area contributed by atoms with Gasteiger partial charge in [-0.1, -0.05) is 12.6 Å². The van der Waals surface area contributed by atoms with Crippen molar-refractivity contribution in [1.82, 2.24) is 15.0 Å². The van der Waals surface area contributed by atoms with Crippen LogP contribution in [-0.4, -0.2) is 70.5 Å². The number of hydrogen-bond acceptors (Lipinski definition) is 10. The van der Waals surface area contributed by atoms with E-state index in [1.54, 1.807) is 45.2 Å². The first kappa shape index (κ1) is 30.0. The Hall–Kier alpha value is -4.92. The molecular weight excluding hydrogens is 559 g/mol. The highest BCUT2D eigenvalue weighted by molar-refractivity contribution is 6.08. The molecule has 3 N–H and O–H groups in total. The fourth-order valence-electron chi connectivity index (χ4n) is 3.88. The van der Waals surface area contributed by atoms with Crippen LogP contribution in [-0.2, 0) is 9.59 Å². The summed E-state index contributed by atoms with van der Waals surface area (Å²) in [6, 6.07) is 9.41. The van der Waals surface area contributed by atoms with Crippen LogP contribution in [0.3, 0.4) is 0 Å². The molecule has 0 bridgehead atoms. The molecule has 4 rings (SSSR count). The molecule has 2 amide bonds. The van der Waals surface area contributed by atoms with Gasteiger partial charge < -0.3 is 30.1 Å². The largest absolute Gasteiger partial charge is 0.472 e. The number of carbonyl (C=O) groups is 2. The van der Waals surface area contributed by atoms with Gasteiger partial charge in [-0.05, 0) is 50.3 Å². The van der Waals surface area contributed by atoms with E-state index in [9.17, 15) is 27.9 Å². The van der Waals surface area contributed by atoms with Crippen LogP contribution in [0.5, 0.6) is 11.6 Å². The minimum Gasteiger partial charge on any atom is -0.472 e. The van der Waals surface area contributed by atoms with E-state index in [-0.39, 0.29) is 48.1 Å². The maximum absolute atomic E-state index is 13.5. The van der Waals surface area contributed by atoms with E-state index in [4.69, 9.17) is 9.47 Å². The molecular formula is C27H28F3N7O5. The zero-order valence-corrected chi connectivity index (χ0v) is 22.9. The second-order valence-corrected chi connectivity index (χ2v) is 9.57. The smallest absolute Gasteiger partial charge is 0.422 e. The summed E-state index contributed by atoms with van der Waals surface area (Å²) in [5, 5.41) is 14.6. The summed E-state index contributed by atoms with van der Waals surface area (Å²) in [6.07, 6.45) is -2.20. The SMILES string of the molecule is C=CC(=O)Nc1cccc(N2C(=O)C(C)(C)Oc3cnc(Nc4ccc(N(C)CCO)nc4OCC(F)(F)F)nc32)c1. The van der Waals surface area contributed by atoms with Crippen molar-refractivity contribution < 1.29 is 37.3 Å². The van der Waals surface area contributed by atoms with Gasteiger partial charge >= 0.3 is 6.18 Å². The van der Waals surface area contributed by atoms with E-state index in [2.05, 4.69) is 32.2 Å². The number of benzene rings is 1. The van der Waals surface area contributed by atoms with E-state index >= 15 is 0 Å². The lowest BCUT2D eigenvalue weighted by molar-refractivity contribution is -0.154. The van der Waals surface area contributed by atoms with Gasteiger partial charge in [0, 0.05) is 19.3 Å². The number of aliphatic hydroxyl groups is 1. The number of amides is 2. The monoisotopic (exact) mass is 587 g/mol. The van der Waals surface area contributed by atoms with E-state index in [1.807, 2.05) is 0 Å². The molecule has 1 aliphatic heterocycles. The van der Waals surface area contributed by atoms with Crippen LogP contribution in [0.4, 0.5) is 47.8 Å². The lowest BCUT2D eigenvalue weighted by atomic mass is 10.0. The summed E-state index contributed by atoms with van der Waals surface area (Å²) < 4.78 is 49.7. The summed E-state index contributed by atoms with van der Waals surface area (Å²) in [7, 11) is 1.61. The quantitative estimate of drug-likeness (QED) is 0.299. The third-order valence-electron chi connectivity index (χ3n) is 5.88.